The average molecular weight is 446 g/mol. The highest BCUT2D eigenvalue weighted by Gasteiger charge is 2.27. The lowest BCUT2D eigenvalue weighted by molar-refractivity contribution is 0.113. The molecule has 9 heteroatoms. The molecule has 0 amide bonds. The van der Waals surface area contributed by atoms with E-state index in [9.17, 15) is 21.6 Å². The number of hydrogen-bond donors (Lipinski definition) is 0. The molecule has 0 aliphatic carbocycles. The Morgan fingerprint density at radius 3 is 2.23 bits per heavy atom. The van der Waals surface area contributed by atoms with Crippen molar-refractivity contribution < 1.29 is 26.1 Å². The molecule has 0 saturated heterocycles. The van der Waals surface area contributed by atoms with Crippen LogP contribution in [0.5, 0.6) is 0 Å². The molecule has 0 aliphatic rings. The molecule has 1 heterocycles. The number of nitrogens with zero attached hydrogens (tertiary/aromatic N) is 1. The molecule has 0 unspecified atom stereocenters. The van der Waals surface area contributed by atoms with Crippen LogP contribution in [0.1, 0.15) is 12.2 Å². The van der Waals surface area contributed by atoms with Crippen molar-refractivity contribution in [3.8, 4) is 22.4 Å². The summed E-state index contributed by atoms with van der Waals surface area (Å²) in [6.07, 6.45) is -2.11. The Morgan fingerprint density at radius 2 is 1.69 bits per heavy atom. The van der Waals surface area contributed by atoms with E-state index in [-0.39, 0.29) is 16.8 Å². The number of aromatic nitrogens is 1. The monoisotopic (exact) mass is 445 g/mol. The van der Waals surface area contributed by atoms with E-state index in [4.69, 9.17) is 4.52 Å². The zero-order chi connectivity index (χ0) is 19.1. The molecule has 1 aromatic heterocycles. The molecule has 0 bridgehead atoms. The third-order valence-electron chi connectivity index (χ3n) is 3.65. The van der Waals surface area contributed by atoms with Crippen molar-refractivity contribution in [2.24, 2.45) is 0 Å². The lowest BCUT2D eigenvalue weighted by Gasteiger charge is -2.07. The van der Waals surface area contributed by atoms with Crippen LogP contribution in [0.3, 0.4) is 0 Å². The number of alkyl halides is 2. The molecule has 4 nitrogen and oxygen atoms in total. The Hall–Kier alpha value is -2.13. The molecule has 0 saturated carbocycles. The number of rotatable bonds is 4. The highest BCUT2D eigenvalue weighted by atomic mass is 79.9. The first-order chi connectivity index (χ1) is 12.2. The summed E-state index contributed by atoms with van der Waals surface area (Å²) < 4.78 is 69.6. The van der Waals surface area contributed by atoms with Crippen LogP contribution in [0, 0.1) is 5.82 Å². The van der Waals surface area contributed by atoms with Gasteiger partial charge in [0.25, 0.3) is 6.43 Å². The lowest BCUT2D eigenvalue weighted by atomic mass is 9.99. The fourth-order valence-corrected chi connectivity index (χ4v) is 3.49. The molecule has 136 valence electrons. The topological polar surface area (TPSA) is 60.2 Å². The van der Waals surface area contributed by atoms with Gasteiger partial charge in [-0.1, -0.05) is 39.3 Å². The Balaban J connectivity index is 2.22. The largest absolute Gasteiger partial charge is 0.354 e. The molecular weight excluding hydrogens is 435 g/mol. The Morgan fingerprint density at radius 1 is 1.08 bits per heavy atom. The highest BCUT2D eigenvalue weighted by Crippen LogP contribution is 2.39. The molecule has 0 N–H and O–H groups in total. The zero-order valence-electron chi connectivity index (χ0n) is 13.2. The van der Waals surface area contributed by atoms with Crippen molar-refractivity contribution in [2.75, 3.05) is 6.26 Å². The number of halogens is 4. The molecule has 3 rings (SSSR count). The van der Waals surface area contributed by atoms with Gasteiger partial charge in [0.15, 0.2) is 9.84 Å². The first-order valence-electron chi connectivity index (χ1n) is 7.22. The fraction of sp³-hybridized carbons (Fsp3) is 0.118. The smallest absolute Gasteiger partial charge is 0.298 e. The standard InChI is InChI=1S/C17H11BrF3NO3S/c1-26(23,24)13-7-4-10(8-12(13)19)14-15(22-25-16(14)17(20)21)9-2-5-11(18)6-3-9/h2-8,17H,1H3. The molecule has 0 fully saturated rings. The molecule has 0 aliphatic heterocycles. The van der Waals surface area contributed by atoms with E-state index in [0.29, 0.717) is 5.56 Å². The van der Waals surface area contributed by atoms with E-state index in [1.807, 2.05) is 0 Å². The maximum Gasteiger partial charge on any atom is 0.298 e. The minimum Gasteiger partial charge on any atom is -0.354 e. The third kappa shape index (κ3) is 3.54. The summed E-state index contributed by atoms with van der Waals surface area (Å²) >= 11 is 3.28. The second-order valence-electron chi connectivity index (χ2n) is 5.50. The Kier molecular flexibility index (Phi) is 4.94. The van der Waals surface area contributed by atoms with E-state index < -0.39 is 32.7 Å². The van der Waals surface area contributed by atoms with Crippen molar-refractivity contribution in [3.05, 3.63) is 58.5 Å². The van der Waals surface area contributed by atoms with Gasteiger partial charge in [-0.25, -0.2) is 21.6 Å². The maximum atomic E-state index is 14.2. The van der Waals surface area contributed by atoms with Gasteiger partial charge >= 0.3 is 0 Å². The third-order valence-corrected chi connectivity index (χ3v) is 5.31. The molecule has 26 heavy (non-hydrogen) atoms. The SMILES string of the molecule is CS(=O)(=O)c1ccc(-c2c(-c3ccc(Br)cc3)noc2C(F)F)cc1F. The summed E-state index contributed by atoms with van der Waals surface area (Å²) in [7, 11) is -3.78. The van der Waals surface area contributed by atoms with E-state index in [0.717, 1.165) is 22.9 Å². The average Bonchev–Trinajstić information content (AvgIpc) is 2.99. The van der Waals surface area contributed by atoms with Crippen LogP contribution < -0.4 is 0 Å². The van der Waals surface area contributed by atoms with Crippen LogP contribution in [-0.4, -0.2) is 19.8 Å². The van der Waals surface area contributed by atoms with Crippen LogP contribution in [-0.2, 0) is 9.84 Å². The summed E-state index contributed by atoms with van der Waals surface area (Å²) in [6, 6.07) is 9.85. The van der Waals surface area contributed by atoms with Gasteiger partial charge in [-0.05, 0) is 29.8 Å². The first-order valence-corrected chi connectivity index (χ1v) is 9.90. The molecule has 3 aromatic rings. The summed E-state index contributed by atoms with van der Waals surface area (Å²) in [5, 5.41) is 3.70. The van der Waals surface area contributed by atoms with Gasteiger partial charge in [-0.15, -0.1) is 0 Å². The van der Waals surface area contributed by atoms with Gasteiger partial charge in [0, 0.05) is 16.3 Å². The van der Waals surface area contributed by atoms with Crippen LogP contribution in [0.25, 0.3) is 22.4 Å². The van der Waals surface area contributed by atoms with Gasteiger partial charge in [0.2, 0.25) is 5.76 Å². The fourth-order valence-electron chi connectivity index (χ4n) is 2.49. The predicted octanol–water partition coefficient (Wildman–Crippen LogP) is 5.25. The van der Waals surface area contributed by atoms with Gasteiger partial charge in [0.1, 0.15) is 16.4 Å². The minimum atomic E-state index is -3.78. The maximum absolute atomic E-state index is 14.2. The highest BCUT2D eigenvalue weighted by molar-refractivity contribution is 9.10. The van der Waals surface area contributed by atoms with Gasteiger partial charge in [0.05, 0.1) is 5.56 Å². The second kappa shape index (κ2) is 6.88. The van der Waals surface area contributed by atoms with Crippen LogP contribution >= 0.6 is 15.9 Å². The van der Waals surface area contributed by atoms with Gasteiger partial charge < -0.3 is 4.52 Å². The molecule has 0 radical (unpaired) electrons. The normalized spacial score (nSPS) is 11.9. The van der Waals surface area contributed by atoms with Crippen molar-refractivity contribution in [2.45, 2.75) is 11.3 Å². The van der Waals surface area contributed by atoms with E-state index in [1.165, 1.54) is 6.07 Å². The number of hydrogen-bond acceptors (Lipinski definition) is 4. The Labute approximate surface area is 155 Å². The van der Waals surface area contributed by atoms with Crippen LogP contribution in [0.4, 0.5) is 13.2 Å². The molecule has 2 aromatic carbocycles. The summed E-state index contributed by atoms with van der Waals surface area (Å²) in [5.74, 6) is -1.75. The van der Waals surface area contributed by atoms with Gasteiger partial charge in [-0.2, -0.15) is 0 Å². The zero-order valence-corrected chi connectivity index (χ0v) is 15.6. The molecular formula is C17H11BrF3NO3S. The summed E-state index contributed by atoms with van der Waals surface area (Å²) in [5.41, 5.74) is 0.566. The molecule has 0 spiro atoms. The van der Waals surface area contributed by atoms with Crippen molar-refractivity contribution >= 4 is 25.8 Å². The van der Waals surface area contributed by atoms with Crippen molar-refractivity contribution in [1.29, 1.82) is 0 Å². The van der Waals surface area contributed by atoms with E-state index >= 15 is 0 Å². The number of benzene rings is 2. The van der Waals surface area contributed by atoms with Crippen molar-refractivity contribution in [1.82, 2.24) is 5.16 Å². The molecule has 0 atom stereocenters. The van der Waals surface area contributed by atoms with Crippen molar-refractivity contribution in [3.63, 3.8) is 0 Å². The van der Waals surface area contributed by atoms with E-state index in [2.05, 4.69) is 21.1 Å². The lowest BCUT2D eigenvalue weighted by Crippen LogP contribution is -2.01. The second-order valence-corrected chi connectivity index (χ2v) is 8.40. The summed E-state index contributed by atoms with van der Waals surface area (Å²) in [4.78, 5) is -0.513. The predicted molar refractivity (Wildman–Crippen MR) is 93.1 cm³/mol. The minimum absolute atomic E-state index is 0.0457. The van der Waals surface area contributed by atoms with E-state index in [1.54, 1.807) is 24.3 Å². The number of sulfone groups is 1. The van der Waals surface area contributed by atoms with Crippen LogP contribution in [0.15, 0.2) is 56.4 Å². The summed E-state index contributed by atoms with van der Waals surface area (Å²) in [6.45, 7) is 0. The first kappa shape index (κ1) is 18.7. The Bertz CT molecular complexity index is 1060. The van der Waals surface area contributed by atoms with Crippen LogP contribution in [0.2, 0.25) is 0 Å². The quantitative estimate of drug-likeness (QED) is 0.549. The van der Waals surface area contributed by atoms with Gasteiger partial charge in [-0.3, -0.25) is 0 Å².